The molecule has 2 atom stereocenters. The largest absolute Gasteiger partial charge is 0.493 e. The molecular weight excluding hydrogens is 400 g/mol. The molecule has 0 unspecified atom stereocenters. The number of rotatable bonds is 5. The van der Waals surface area contributed by atoms with Gasteiger partial charge in [0, 0.05) is 11.5 Å². The van der Waals surface area contributed by atoms with Crippen LogP contribution < -0.4 is 4.74 Å². The third-order valence-electron chi connectivity index (χ3n) is 7.21. The van der Waals surface area contributed by atoms with Gasteiger partial charge in [0.25, 0.3) is 0 Å². The summed E-state index contributed by atoms with van der Waals surface area (Å²) in [7, 11) is 0. The molecule has 164 valence electrons. The molecule has 1 aliphatic heterocycles. The van der Waals surface area contributed by atoms with Crippen LogP contribution in [-0.2, 0) is 16.6 Å². The molecule has 1 aliphatic carbocycles. The normalized spacial score (nSPS) is 21.5. The smallest absolute Gasteiger partial charge is 0.314 e. The SMILES string of the molecule is O=C(O)C1(c2ccc3c(c2)OC[C@@H](Cc2ccc(-c4ccccc4)cc2)[C@@H]3O)CCCC1. The lowest BCUT2D eigenvalue weighted by Crippen LogP contribution is -2.33. The topological polar surface area (TPSA) is 66.8 Å². The van der Waals surface area contributed by atoms with Gasteiger partial charge in [-0.1, -0.05) is 79.6 Å². The van der Waals surface area contributed by atoms with Gasteiger partial charge in [0.05, 0.1) is 18.1 Å². The number of carboxylic acid groups (broad SMARTS) is 1. The summed E-state index contributed by atoms with van der Waals surface area (Å²) in [5.41, 5.74) is 4.25. The summed E-state index contributed by atoms with van der Waals surface area (Å²) in [6.45, 7) is 0.415. The number of carbonyl (C=O) groups is 1. The zero-order valence-corrected chi connectivity index (χ0v) is 18.0. The Morgan fingerprint density at radius 3 is 2.31 bits per heavy atom. The lowest BCUT2D eigenvalue weighted by atomic mass is 9.77. The summed E-state index contributed by atoms with van der Waals surface area (Å²) in [4.78, 5) is 12.0. The average molecular weight is 429 g/mol. The molecule has 1 heterocycles. The van der Waals surface area contributed by atoms with Crippen LogP contribution in [-0.4, -0.2) is 22.8 Å². The summed E-state index contributed by atoms with van der Waals surface area (Å²) in [6.07, 6.45) is 3.26. The van der Waals surface area contributed by atoms with Crippen molar-refractivity contribution >= 4 is 5.97 Å². The molecule has 0 aromatic heterocycles. The fourth-order valence-electron chi connectivity index (χ4n) is 5.29. The van der Waals surface area contributed by atoms with Crippen molar-refractivity contribution in [3.8, 4) is 16.9 Å². The quantitative estimate of drug-likeness (QED) is 0.560. The predicted molar refractivity (Wildman–Crippen MR) is 124 cm³/mol. The van der Waals surface area contributed by atoms with Crippen molar-refractivity contribution in [3.63, 3.8) is 0 Å². The Morgan fingerprint density at radius 2 is 1.62 bits per heavy atom. The van der Waals surface area contributed by atoms with Crippen LogP contribution in [0.5, 0.6) is 5.75 Å². The monoisotopic (exact) mass is 428 g/mol. The Morgan fingerprint density at radius 1 is 0.938 bits per heavy atom. The number of aliphatic hydroxyl groups excluding tert-OH is 1. The molecule has 2 aliphatic rings. The van der Waals surface area contributed by atoms with Crippen LogP contribution in [0.3, 0.4) is 0 Å². The van der Waals surface area contributed by atoms with E-state index in [0.29, 0.717) is 25.2 Å². The molecular formula is C28H28O4. The van der Waals surface area contributed by atoms with Gasteiger partial charge >= 0.3 is 5.97 Å². The van der Waals surface area contributed by atoms with E-state index in [2.05, 4.69) is 36.4 Å². The maximum atomic E-state index is 12.0. The zero-order chi connectivity index (χ0) is 22.1. The minimum atomic E-state index is -0.819. The Hall–Kier alpha value is -3.11. The number of fused-ring (bicyclic) bond motifs is 1. The molecule has 32 heavy (non-hydrogen) atoms. The van der Waals surface area contributed by atoms with Crippen molar-refractivity contribution < 1.29 is 19.7 Å². The van der Waals surface area contributed by atoms with E-state index in [-0.39, 0.29) is 5.92 Å². The van der Waals surface area contributed by atoms with E-state index in [1.54, 1.807) is 0 Å². The van der Waals surface area contributed by atoms with E-state index in [4.69, 9.17) is 4.74 Å². The first-order valence-corrected chi connectivity index (χ1v) is 11.4. The molecule has 0 saturated heterocycles. The van der Waals surface area contributed by atoms with E-state index in [0.717, 1.165) is 36.0 Å². The average Bonchev–Trinajstić information content (AvgIpc) is 3.33. The summed E-state index contributed by atoms with van der Waals surface area (Å²) in [6, 6.07) is 24.3. The van der Waals surface area contributed by atoms with Gasteiger partial charge in [-0.25, -0.2) is 0 Å². The fourth-order valence-corrected chi connectivity index (χ4v) is 5.29. The molecule has 5 rings (SSSR count). The van der Waals surface area contributed by atoms with Crippen LogP contribution >= 0.6 is 0 Å². The number of hydrogen-bond acceptors (Lipinski definition) is 3. The van der Waals surface area contributed by atoms with Crippen LogP contribution in [0.1, 0.15) is 48.5 Å². The van der Waals surface area contributed by atoms with Crippen LogP contribution in [0.2, 0.25) is 0 Å². The lowest BCUT2D eigenvalue weighted by Gasteiger charge is -2.32. The Kier molecular flexibility index (Phi) is 5.48. The highest BCUT2D eigenvalue weighted by Gasteiger charge is 2.43. The second kappa shape index (κ2) is 8.44. The van der Waals surface area contributed by atoms with Gasteiger partial charge < -0.3 is 14.9 Å². The van der Waals surface area contributed by atoms with Gasteiger partial charge in [-0.05, 0) is 47.6 Å². The lowest BCUT2D eigenvalue weighted by molar-refractivity contribution is -0.143. The van der Waals surface area contributed by atoms with Gasteiger partial charge in [0.1, 0.15) is 5.75 Å². The van der Waals surface area contributed by atoms with Gasteiger partial charge in [-0.15, -0.1) is 0 Å². The van der Waals surface area contributed by atoms with E-state index in [1.807, 2.05) is 36.4 Å². The molecule has 0 bridgehead atoms. The van der Waals surface area contributed by atoms with Crippen molar-refractivity contribution in [1.82, 2.24) is 0 Å². The standard InChI is InChI=1S/C28H28O4/c29-26-22(16-19-8-10-21(11-9-19)20-6-2-1-3-7-20)18-32-25-17-23(12-13-24(25)26)28(27(30)31)14-4-5-15-28/h1-3,6-13,17,22,26,29H,4-5,14-16,18H2,(H,30,31)/t22-,26+/m1/s1. The van der Waals surface area contributed by atoms with E-state index in [1.165, 1.54) is 11.1 Å². The number of benzene rings is 3. The summed E-state index contributed by atoms with van der Waals surface area (Å²) in [5, 5.41) is 20.9. The minimum Gasteiger partial charge on any atom is -0.493 e. The maximum absolute atomic E-state index is 12.0. The second-order valence-electron chi connectivity index (χ2n) is 9.13. The first-order chi connectivity index (χ1) is 15.6. The Labute approximate surface area is 188 Å². The number of carboxylic acids is 1. The first kappa shape index (κ1) is 20.8. The highest BCUT2D eigenvalue weighted by molar-refractivity contribution is 5.82. The van der Waals surface area contributed by atoms with Crippen LogP contribution in [0, 0.1) is 5.92 Å². The van der Waals surface area contributed by atoms with Crippen LogP contribution in [0.15, 0.2) is 72.8 Å². The van der Waals surface area contributed by atoms with E-state index in [9.17, 15) is 15.0 Å². The molecule has 0 radical (unpaired) electrons. The van der Waals surface area contributed by atoms with Gasteiger partial charge in [-0.3, -0.25) is 4.79 Å². The predicted octanol–water partition coefficient (Wildman–Crippen LogP) is 5.53. The van der Waals surface area contributed by atoms with Gasteiger partial charge in [-0.2, -0.15) is 0 Å². The van der Waals surface area contributed by atoms with Crippen molar-refractivity contribution in [2.24, 2.45) is 5.92 Å². The Balaban J connectivity index is 1.33. The summed E-state index contributed by atoms with van der Waals surface area (Å²) < 4.78 is 6.04. The van der Waals surface area contributed by atoms with Crippen LogP contribution in [0.25, 0.3) is 11.1 Å². The Bertz CT molecular complexity index is 1100. The van der Waals surface area contributed by atoms with Crippen LogP contribution in [0.4, 0.5) is 0 Å². The molecule has 0 amide bonds. The van der Waals surface area contributed by atoms with Gasteiger partial charge in [0.2, 0.25) is 0 Å². The zero-order valence-electron chi connectivity index (χ0n) is 18.0. The molecule has 3 aromatic carbocycles. The maximum Gasteiger partial charge on any atom is 0.314 e. The second-order valence-corrected chi connectivity index (χ2v) is 9.13. The number of hydrogen-bond donors (Lipinski definition) is 2. The third kappa shape index (κ3) is 3.69. The molecule has 1 saturated carbocycles. The third-order valence-corrected chi connectivity index (χ3v) is 7.21. The van der Waals surface area contributed by atoms with E-state index >= 15 is 0 Å². The molecule has 2 N–H and O–H groups in total. The summed E-state index contributed by atoms with van der Waals surface area (Å²) >= 11 is 0. The highest BCUT2D eigenvalue weighted by Crippen LogP contribution is 2.45. The van der Waals surface area contributed by atoms with Crippen molar-refractivity contribution in [2.45, 2.75) is 43.6 Å². The number of aliphatic carboxylic acids is 1. The number of ether oxygens (including phenoxy) is 1. The van der Waals surface area contributed by atoms with Crippen molar-refractivity contribution in [1.29, 1.82) is 0 Å². The molecule has 1 fully saturated rings. The van der Waals surface area contributed by atoms with Gasteiger partial charge in [0.15, 0.2) is 0 Å². The first-order valence-electron chi connectivity index (χ1n) is 11.4. The molecule has 4 heteroatoms. The molecule has 4 nitrogen and oxygen atoms in total. The number of aliphatic hydroxyl groups is 1. The minimum absolute atomic E-state index is 0.0455. The van der Waals surface area contributed by atoms with Crippen molar-refractivity contribution in [2.75, 3.05) is 6.61 Å². The molecule has 0 spiro atoms. The molecule has 3 aromatic rings. The summed E-state index contributed by atoms with van der Waals surface area (Å²) in [5.74, 6) is -0.183. The van der Waals surface area contributed by atoms with Crippen molar-refractivity contribution in [3.05, 3.63) is 89.5 Å². The fraction of sp³-hybridized carbons (Fsp3) is 0.321. The highest BCUT2D eigenvalue weighted by atomic mass is 16.5. The van der Waals surface area contributed by atoms with E-state index < -0.39 is 17.5 Å².